The van der Waals surface area contributed by atoms with Crippen molar-refractivity contribution in [2.45, 2.75) is 64.3 Å². The zero-order valence-electron chi connectivity index (χ0n) is 12.7. The van der Waals surface area contributed by atoms with E-state index in [2.05, 4.69) is 5.32 Å². The fourth-order valence-corrected chi connectivity index (χ4v) is 2.12. The summed E-state index contributed by atoms with van der Waals surface area (Å²) >= 11 is 0. The highest BCUT2D eigenvalue weighted by Crippen LogP contribution is 2.22. The Morgan fingerprint density at radius 3 is 2.15 bits per heavy atom. The Morgan fingerprint density at radius 1 is 1.30 bits per heavy atom. The van der Waals surface area contributed by atoms with Crippen LogP contribution in [0.1, 0.15) is 40.5 Å². The molecule has 4 nitrogen and oxygen atoms in total. The summed E-state index contributed by atoms with van der Waals surface area (Å²) < 4.78 is 36.6. The molecule has 120 valence electrons. The van der Waals surface area contributed by atoms with Crippen LogP contribution in [0.5, 0.6) is 0 Å². The van der Waals surface area contributed by atoms with Crippen molar-refractivity contribution >= 4 is 5.97 Å². The number of nitrogens with one attached hydrogen (secondary N) is 1. The number of aliphatic carboxylic acids is 1. The van der Waals surface area contributed by atoms with Crippen molar-refractivity contribution in [3.05, 3.63) is 0 Å². The van der Waals surface area contributed by atoms with Crippen LogP contribution in [0, 0.1) is 0 Å². The molecule has 0 aliphatic carbocycles. The normalized spacial score (nSPS) is 17.3. The molecule has 0 rings (SSSR count). The number of hydrogen-bond acceptors (Lipinski definition) is 3. The largest absolute Gasteiger partial charge is 0.480 e. The first-order valence-electron chi connectivity index (χ1n) is 6.65. The van der Waals surface area contributed by atoms with Crippen molar-refractivity contribution in [1.82, 2.24) is 10.2 Å². The SMILES string of the molecule is CC(C)NC(C)(CC(C)N(C)CCC(F)(F)F)C(=O)O. The quantitative estimate of drug-likeness (QED) is 0.723. The topological polar surface area (TPSA) is 52.6 Å². The van der Waals surface area contributed by atoms with Gasteiger partial charge in [0.25, 0.3) is 0 Å². The molecule has 0 saturated heterocycles. The van der Waals surface area contributed by atoms with Gasteiger partial charge in [0.05, 0.1) is 6.42 Å². The maximum Gasteiger partial charge on any atom is 0.390 e. The van der Waals surface area contributed by atoms with Gasteiger partial charge in [-0.15, -0.1) is 0 Å². The fraction of sp³-hybridized carbons (Fsp3) is 0.923. The second kappa shape index (κ2) is 7.26. The molecule has 0 aliphatic rings. The first-order valence-corrected chi connectivity index (χ1v) is 6.65. The molecule has 0 heterocycles. The molecule has 7 heteroatoms. The lowest BCUT2D eigenvalue weighted by molar-refractivity contribution is -0.146. The zero-order chi connectivity index (χ0) is 16.1. The number of halogens is 3. The molecule has 0 fully saturated rings. The summed E-state index contributed by atoms with van der Waals surface area (Å²) in [5.41, 5.74) is -1.15. The van der Waals surface area contributed by atoms with Crippen LogP contribution in [0.25, 0.3) is 0 Å². The van der Waals surface area contributed by atoms with E-state index in [0.29, 0.717) is 0 Å². The molecule has 0 aromatic carbocycles. The van der Waals surface area contributed by atoms with Gasteiger partial charge in [0, 0.05) is 18.6 Å². The monoisotopic (exact) mass is 298 g/mol. The van der Waals surface area contributed by atoms with Crippen LogP contribution in [-0.2, 0) is 4.79 Å². The van der Waals surface area contributed by atoms with Crippen LogP contribution in [0.4, 0.5) is 13.2 Å². The molecule has 0 amide bonds. The third-order valence-electron chi connectivity index (χ3n) is 3.28. The van der Waals surface area contributed by atoms with Gasteiger partial charge in [0.2, 0.25) is 0 Å². The van der Waals surface area contributed by atoms with E-state index < -0.39 is 24.1 Å². The minimum absolute atomic E-state index is 0.0243. The smallest absolute Gasteiger partial charge is 0.390 e. The predicted molar refractivity (Wildman–Crippen MR) is 71.7 cm³/mol. The Labute approximate surface area is 118 Å². The minimum Gasteiger partial charge on any atom is -0.480 e. The Kier molecular flexibility index (Phi) is 6.97. The van der Waals surface area contributed by atoms with Crippen molar-refractivity contribution in [1.29, 1.82) is 0 Å². The van der Waals surface area contributed by atoms with Crippen molar-refractivity contribution in [2.24, 2.45) is 0 Å². The highest BCUT2D eigenvalue weighted by atomic mass is 19.4. The van der Waals surface area contributed by atoms with Gasteiger partial charge in [-0.05, 0) is 41.2 Å². The lowest BCUT2D eigenvalue weighted by atomic mass is 9.92. The van der Waals surface area contributed by atoms with Crippen molar-refractivity contribution < 1.29 is 23.1 Å². The lowest BCUT2D eigenvalue weighted by Crippen LogP contribution is -2.55. The number of rotatable bonds is 8. The molecular weight excluding hydrogens is 273 g/mol. The number of carboxylic acid groups (broad SMARTS) is 1. The van der Waals surface area contributed by atoms with Crippen molar-refractivity contribution in [3.8, 4) is 0 Å². The van der Waals surface area contributed by atoms with Crippen LogP contribution < -0.4 is 5.32 Å². The Balaban J connectivity index is 4.60. The van der Waals surface area contributed by atoms with E-state index in [-0.39, 0.29) is 25.0 Å². The van der Waals surface area contributed by atoms with Gasteiger partial charge in [-0.1, -0.05) is 0 Å². The highest BCUT2D eigenvalue weighted by Gasteiger charge is 2.36. The molecule has 2 N–H and O–H groups in total. The van der Waals surface area contributed by atoms with Gasteiger partial charge >= 0.3 is 12.1 Å². The van der Waals surface area contributed by atoms with Gasteiger partial charge in [0.15, 0.2) is 0 Å². The zero-order valence-corrected chi connectivity index (χ0v) is 12.7. The first kappa shape index (κ1) is 19.2. The van der Waals surface area contributed by atoms with E-state index in [4.69, 9.17) is 0 Å². The average Bonchev–Trinajstić information content (AvgIpc) is 2.23. The lowest BCUT2D eigenvalue weighted by Gasteiger charge is -2.34. The predicted octanol–water partition coefficient (Wildman–Crippen LogP) is 2.49. The maximum atomic E-state index is 12.2. The first-order chi connectivity index (χ1) is 8.87. The second-order valence-corrected chi connectivity index (χ2v) is 5.84. The Hall–Kier alpha value is -0.820. The van der Waals surface area contributed by atoms with Gasteiger partial charge in [-0.25, -0.2) is 0 Å². The molecule has 2 atom stereocenters. The number of carbonyl (C=O) groups is 1. The van der Waals surface area contributed by atoms with Gasteiger partial charge in [0.1, 0.15) is 5.54 Å². The van der Waals surface area contributed by atoms with Gasteiger partial charge < -0.3 is 10.0 Å². The molecule has 0 aliphatic heterocycles. The van der Waals surface area contributed by atoms with Gasteiger partial charge in [-0.2, -0.15) is 13.2 Å². The van der Waals surface area contributed by atoms with Crippen LogP contribution >= 0.6 is 0 Å². The summed E-state index contributed by atoms with van der Waals surface area (Å²) in [7, 11) is 1.58. The standard InChI is InChI=1S/C13H25F3N2O2/c1-9(2)17-12(4,11(19)20)8-10(3)18(5)7-6-13(14,15)16/h9-10,17H,6-8H2,1-5H3,(H,19,20). The average molecular weight is 298 g/mol. The van der Waals surface area contributed by atoms with Crippen molar-refractivity contribution in [2.75, 3.05) is 13.6 Å². The summed E-state index contributed by atoms with van der Waals surface area (Å²) in [6, 6.07) is -0.298. The van der Waals surface area contributed by atoms with Gasteiger partial charge in [-0.3, -0.25) is 10.1 Å². The van der Waals surface area contributed by atoms with Crippen molar-refractivity contribution in [3.63, 3.8) is 0 Å². The number of nitrogens with zero attached hydrogens (tertiary/aromatic N) is 1. The van der Waals surface area contributed by atoms with Crippen LogP contribution in [0.3, 0.4) is 0 Å². The molecule has 0 radical (unpaired) electrons. The second-order valence-electron chi connectivity index (χ2n) is 5.84. The Bertz CT molecular complexity index is 321. The molecule has 2 unspecified atom stereocenters. The van der Waals surface area contributed by atoms with E-state index in [1.165, 1.54) is 4.90 Å². The summed E-state index contributed by atoms with van der Waals surface area (Å²) in [6.45, 7) is 6.82. The molecule has 0 bridgehead atoms. The molecular formula is C13H25F3N2O2. The van der Waals surface area contributed by atoms with Crippen LogP contribution in [0.15, 0.2) is 0 Å². The van der Waals surface area contributed by atoms with E-state index >= 15 is 0 Å². The molecule has 0 aromatic heterocycles. The number of carboxylic acids is 1. The van der Waals surface area contributed by atoms with E-state index in [1.54, 1.807) is 20.9 Å². The van der Waals surface area contributed by atoms with E-state index in [9.17, 15) is 23.1 Å². The summed E-state index contributed by atoms with van der Waals surface area (Å²) in [5.74, 6) is -0.998. The maximum absolute atomic E-state index is 12.2. The third kappa shape index (κ3) is 7.09. The molecule has 20 heavy (non-hydrogen) atoms. The van der Waals surface area contributed by atoms with Crippen LogP contribution in [-0.4, -0.2) is 53.4 Å². The summed E-state index contributed by atoms with van der Waals surface area (Å²) in [5, 5.41) is 12.3. The molecule has 0 saturated carbocycles. The van der Waals surface area contributed by atoms with E-state index in [0.717, 1.165) is 0 Å². The fourth-order valence-electron chi connectivity index (χ4n) is 2.12. The number of alkyl halides is 3. The minimum atomic E-state index is -4.19. The summed E-state index contributed by atoms with van der Waals surface area (Å²) in [4.78, 5) is 12.9. The summed E-state index contributed by atoms with van der Waals surface area (Å²) in [6.07, 6.45) is -4.86. The van der Waals surface area contributed by atoms with E-state index in [1.807, 2.05) is 13.8 Å². The molecule has 0 spiro atoms. The third-order valence-corrected chi connectivity index (χ3v) is 3.28. The molecule has 0 aromatic rings. The highest BCUT2D eigenvalue weighted by molar-refractivity contribution is 5.78. The number of hydrogen-bond donors (Lipinski definition) is 2. The Morgan fingerprint density at radius 2 is 1.80 bits per heavy atom. The van der Waals surface area contributed by atoms with Crippen LogP contribution in [0.2, 0.25) is 0 Å².